The van der Waals surface area contributed by atoms with Gasteiger partial charge in [-0.2, -0.15) is 0 Å². The fourth-order valence-electron chi connectivity index (χ4n) is 1.64. The maximum Gasteiger partial charge on any atom is 0.0390 e. The summed E-state index contributed by atoms with van der Waals surface area (Å²) in [4.78, 5) is 2.36. The lowest BCUT2D eigenvalue weighted by atomic mass is 10.1. The highest BCUT2D eigenvalue weighted by molar-refractivity contribution is 9.10. The molecule has 1 aromatic rings. The molecule has 0 unspecified atom stereocenters. The molecule has 0 bridgehead atoms. The Hall–Kier alpha value is -0.540. The Balaban J connectivity index is 2.93. The second-order valence-corrected chi connectivity index (χ2v) is 4.67. The first kappa shape index (κ1) is 12.5. The van der Waals surface area contributed by atoms with Crippen LogP contribution in [0.5, 0.6) is 0 Å². The summed E-state index contributed by atoms with van der Waals surface area (Å²) in [5, 5.41) is 0. The number of aryl methyl sites for hydroxylation is 1. The zero-order valence-electron chi connectivity index (χ0n) is 9.68. The second kappa shape index (κ2) is 5.52. The number of hydrogen-bond acceptors (Lipinski definition) is 2. The van der Waals surface area contributed by atoms with Crippen LogP contribution in [0.15, 0.2) is 16.6 Å². The Morgan fingerprint density at radius 3 is 2.40 bits per heavy atom. The van der Waals surface area contributed by atoms with E-state index in [2.05, 4.69) is 46.8 Å². The van der Waals surface area contributed by atoms with Crippen molar-refractivity contribution in [3.63, 3.8) is 0 Å². The average molecular weight is 271 g/mol. The summed E-state index contributed by atoms with van der Waals surface area (Å²) in [7, 11) is 0. The van der Waals surface area contributed by atoms with Gasteiger partial charge in [-0.15, -0.1) is 0 Å². The molecule has 0 saturated heterocycles. The molecule has 0 fully saturated rings. The fraction of sp³-hybridized carbons (Fsp3) is 0.500. The molecule has 1 aromatic carbocycles. The molecule has 0 spiro atoms. The molecule has 2 N–H and O–H groups in total. The van der Waals surface area contributed by atoms with E-state index in [0.29, 0.717) is 0 Å². The van der Waals surface area contributed by atoms with Gasteiger partial charge >= 0.3 is 0 Å². The van der Waals surface area contributed by atoms with Gasteiger partial charge in [0.2, 0.25) is 0 Å². The van der Waals surface area contributed by atoms with Crippen molar-refractivity contribution < 1.29 is 0 Å². The summed E-state index contributed by atoms with van der Waals surface area (Å²) in [6, 6.07) is 4.17. The quantitative estimate of drug-likeness (QED) is 0.852. The smallest absolute Gasteiger partial charge is 0.0390 e. The maximum atomic E-state index is 6.06. The summed E-state index contributed by atoms with van der Waals surface area (Å²) in [6.45, 7) is 9.43. The third kappa shape index (κ3) is 3.21. The molecule has 2 nitrogen and oxygen atoms in total. The molecule has 0 atom stereocenters. The first-order valence-electron chi connectivity index (χ1n) is 5.35. The van der Waals surface area contributed by atoms with Crippen molar-refractivity contribution in [2.75, 3.05) is 18.8 Å². The Labute approximate surface area is 101 Å². The number of rotatable bonds is 4. The largest absolute Gasteiger partial charge is 0.398 e. The van der Waals surface area contributed by atoms with Gasteiger partial charge in [0.25, 0.3) is 0 Å². The van der Waals surface area contributed by atoms with Crippen LogP contribution in [0.2, 0.25) is 0 Å². The van der Waals surface area contributed by atoms with E-state index >= 15 is 0 Å². The molecule has 1 rings (SSSR count). The van der Waals surface area contributed by atoms with E-state index in [9.17, 15) is 0 Å². The molecule has 0 heterocycles. The predicted molar refractivity (Wildman–Crippen MR) is 69.9 cm³/mol. The minimum atomic E-state index is 0.921. The van der Waals surface area contributed by atoms with Gasteiger partial charge in [0, 0.05) is 16.7 Å². The molecule has 0 aliphatic rings. The zero-order chi connectivity index (χ0) is 11.4. The number of nitrogens with zero attached hydrogens (tertiary/aromatic N) is 1. The van der Waals surface area contributed by atoms with E-state index in [0.717, 1.165) is 35.4 Å². The average Bonchev–Trinajstić information content (AvgIpc) is 2.21. The van der Waals surface area contributed by atoms with Crippen molar-refractivity contribution >= 4 is 21.6 Å². The fourth-order valence-corrected chi connectivity index (χ4v) is 2.26. The molecule has 15 heavy (non-hydrogen) atoms. The van der Waals surface area contributed by atoms with Crippen molar-refractivity contribution in [1.29, 1.82) is 0 Å². The topological polar surface area (TPSA) is 29.3 Å². The highest BCUT2D eigenvalue weighted by Gasteiger charge is 2.07. The lowest BCUT2D eigenvalue weighted by molar-refractivity contribution is 0.296. The first-order valence-corrected chi connectivity index (χ1v) is 6.14. The lowest BCUT2D eigenvalue weighted by Crippen LogP contribution is -2.22. The molecule has 84 valence electrons. The van der Waals surface area contributed by atoms with Gasteiger partial charge in [0.15, 0.2) is 0 Å². The van der Waals surface area contributed by atoms with E-state index < -0.39 is 0 Å². The maximum absolute atomic E-state index is 6.06. The van der Waals surface area contributed by atoms with Crippen molar-refractivity contribution in [3.05, 3.63) is 27.7 Å². The van der Waals surface area contributed by atoms with E-state index in [1.165, 1.54) is 5.56 Å². The van der Waals surface area contributed by atoms with Gasteiger partial charge in [0.05, 0.1) is 0 Å². The van der Waals surface area contributed by atoms with Crippen molar-refractivity contribution in [3.8, 4) is 0 Å². The third-order valence-corrected chi connectivity index (χ3v) is 3.18. The molecule has 3 heteroatoms. The highest BCUT2D eigenvalue weighted by atomic mass is 79.9. The van der Waals surface area contributed by atoms with E-state index in [-0.39, 0.29) is 0 Å². The molecule has 0 saturated carbocycles. The Kier molecular flexibility index (Phi) is 4.61. The zero-order valence-corrected chi connectivity index (χ0v) is 11.3. The summed E-state index contributed by atoms with van der Waals surface area (Å²) >= 11 is 3.51. The van der Waals surface area contributed by atoms with Crippen LogP contribution in [0.3, 0.4) is 0 Å². The van der Waals surface area contributed by atoms with Crippen molar-refractivity contribution in [1.82, 2.24) is 4.90 Å². The summed E-state index contributed by atoms with van der Waals surface area (Å²) in [5.74, 6) is 0. The summed E-state index contributed by atoms with van der Waals surface area (Å²) in [5.41, 5.74) is 9.34. The number of hydrogen-bond donors (Lipinski definition) is 1. The van der Waals surface area contributed by atoms with Crippen LogP contribution in [0, 0.1) is 6.92 Å². The minimum absolute atomic E-state index is 0.921. The van der Waals surface area contributed by atoms with Gasteiger partial charge < -0.3 is 5.73 Å². The minimum Gasteiger partial charge on any atom is -0.398 e. The van der Waals surface area contributed by atoms with Crippen LogP contribution >= 0.6 is 15.9 Å². The van der Waals surface area contributed by atoms with Gasteiger partial charge in [-0.25, -0.2) is 0 Å². The highest BCUT2D eigenvalue weighted by Crippen LogP contribution is 2.24. The van der Waals surface area contributed by atoms with Gasteiger partial charge in [0.1, 0.15) is 0 Å². The molecule has 0 aromatic heterocycles. The van der Waals surface area contributed by atoms with E-state index in [1.807, 2.05) is 6.92 Å². The molecular weight excluding hydrogens is 252 g/mol. The number of nitrogen functional groups attached to an aromatic ring is 1. The standard InChI is InChI=1S/C12H19BrN2/c1-4-15(5-2)8-10-7-11(13)6-9(3)12(10)14/h6-7H,4-5,8,14H2,1-3H3. The van der Waals surface area contributed by atoms with E-state index in [1.54, 1.807) is 0 Å². The van der Waals surface area contributed by atoms with Crippen LogP contribution in [0.1, 0.15) is 25.0 Å². The van der Waals surface area contributed by atoms with Gasteiger partial charge in [-0.1, -0.05) is 29.8 Å². The molecular formula is C12H19BrN2. The van der Waals surface area contributed by atoms with Crippen LogP contribution in [0.25, 0.3) is 0 Å². The first-order chi connectivity index (χ1) is 7.08. The monoisotopic (exact) mass is 270 g/mol. The van der Waals surface area contributed by atoms with Crippen molar-refractivity contribution in [2.24, 2.45) is 0 Å². The predicted octanol–water partition coefficient (Wildman–Crippen LogP) is 3.18. The number of halogens is 1. The van der Waals surface area contributed by atoms with E-state index in [4.69, 9.17) is 5.73 Å². The van der Waals surface area contributed by atoms with Crippen LogP contribution < -0.4 is 5.73 Å². The molecule has 0 aliphatic carbocycles. The normalized spacial score (nSPS) is 11.0. The number of anilines is 1. The summed E-state index contributed by atoms with van der Waals surface area (Å²) in [6.07, 6.45) is 0. The molecule has 0 aliphatic heterocycles. The number of benzene rings is 1. The van der Waals surface area contributed by atoms with Gasteiger partial charge in [-0.05, 0) is 43.3 Å². The van der Waals surface area contributed by atoms with Crippen molar-refractivity contribution in [2.45, 2.75) is 27.3 Å². The third-order valence-electron chi connectivity index (χ3n) is 2.73. The Bertz CT molecular complexity index is 333. The number of nitrogens with two attached hydrogens (primary N) is 1. The molecule has 0 radical (unpaired) electrons. The lowest BCUT2D eigenvalue weighted by Gasteiger charge is -2.20. The van der Waals surface area contributed by atoms with Gasteiger partial charge in [-0.3, -0.25) is 4.90 Å². The SMILES string of the molecule is CCN(CC)Cc1cc(Br)cc(C)c1N. The van der Waals surface area contributed by atoms with Crippen LogP contribution in [-0.4, -0.2) is 18.0 Å². The van der Waals surface area contributed by atoms with Crippen LogP contribution in [0.4, 0.5) is 5.69 Å². The molecule has 0 amide bonds. The Morgan fingerprint density at radius 1 is 1.27 bits per heavy atom. The second-order valence-electron chi connectivity index (χ2n) is 3.76. The summed E-state index contributed by atoms with van der Waals surface area (Å²) < 4.78 is 1.11. The van der Waals surface area contributed by atoms with Crippen LogP contribution in [-0.2, 0) is 6.54 Å². The Morgan fingerprint density at radius 2 is 1.87 bits per heavy atom.